The third kappa shape index (κ3) is 4.28. The Hall–Kier alpha value is -1.81. The summed E-state index contributed by atoms with van der Waals surface area (Å²) in [6.45, 7) is 4.46. The van der Waals surface area contributed by atoms with Crippen LogP contribution >= 0.6 is 11.3 Å². The monoisotopic (exact) mass is 445 g/mol. The number of hydrogen-bond donors (Lipinski definition) is 3. The molecule has 1 saturated heterocycles. The van der Waals surface area contributed by atoms with E-state index in [1.807, 2.05) is 0 Å². The Balaban J connectivity index is 1.31. The summed E-state index contributed by atoms with van der Waals surface area (Å²) in [5.41, 5.74) is 6.46. The molecule has 168 valence electrons. The zero-order chi connectivity index (χ0) is 21.4. The van der Waals surface area contributed by atoms with Crippen molar-refractivity contribution < 1.29 is 14.6 Å². The van der Waals surface area contributed by atoms with Crippen LogP contribution in [0.5, 0.6) is 5.88 Å². The first kappa shape index (κ1) is 21.1. The highest BCUT2D eigenvalue weighted by atomic mass is 32.1. The zero-order valence-corrected chi connectivity index (χ0v) is 18.6. The van der Waals surface area contributed by atoms with E-state index >= 15 is 0 Å². The van der Waals surface area contributed by atoms with Gasteiger partial charge in [0.15, 0.2) is 0 Å². The van der Waals surface area contributed by atoms with Gasteiger partial charge in [-0.3, -0.25) is 9.69 Å². The van der Waals surface area contributed by atoms with E-state index in [9.17, 15) is 9.90 Å². The summed E-state index contributed by atoms with van der Waals surface area (Å²) in [5, 5.41) is 14.5. The summed E-state index contributed by atoms with van der Waals surface area (Å²) in [5.74, 6) is 0.0820. The average molecular weight is 446 g/mol. The fraction of sp³-hybridized carbons (Fsp3) is 0.682. The van der Waals surface area contributed by atoms with E-state index in [0.717, 1.165) is 80.5 Å². The SMILES string of the molecule is NC(=O)C(O)C[C@H]1CCc2sc3ncnc(OC4CCC(N5CCNCC5)CC4)c3c21. The lowest BCUT2D eigenvalue weighted by Crippen LogP contribution is -2.50. The second-order valence-electron chi connectivity index (χ2n) is 9.02. The quantitative estimate of drug-likeness (QED) is 0.618. The van der Waals surface area contributed by atoms with E-state index in [2.05, 4.69) is 20.2 Å². The predicted octanol–water partition coefficient (Wildman–Crippen LogP) is 1.55. The van der Waals surface area contributed by atoms with Gasteiger partial charge in [0.2, 0.25) is 11.8 Å². The highest BCUT2D eigenvalue weighted by molar-refractivity contribution is 7.19. The van der Waals surface area contributed by atoms with Gasteiger partial charge in [-0.2, -0.15) is 0 Å². The van der Waals surface area contributed by atoms with Crippen molar-refractivity contribution in [1.29, 1.82) is 0 Å². The molecule has 2 aromatic heterocycles. The van der Waals surface area contributed by atoms with Gasteiger partial charge in [-0.25, -0.2) is 9.97 Å². The Morgan fingerprint density at radius 1 is 1.26 bits per heavy atom. The van der Waals surface area contributed by atoms with E-state index < -0.39 is 12.0 Å². The van der Waals surface area contributed by atoms with Gasteiger partial charge in [0.05, 0.1) is 5.39 Å². The molecule has 2 aliphatic carbocycles. The molecular weight excluding hydrogens is 414 g/mol. The minimum absolute atomic E-state index is 0.0862. The average Bonchev–Trinajstić information content (AvgIpc) is 3.35. The first-order valence-corrected chi connectivity index (χ1v) is 12.3. The molecule has 1 unspecified atom stereocenters. The maximum atomic E-state index is 11.4. The summed E-state index contributed by atoms with van der Waals surface area (Å²) < 4.78 is 6.46. The number of aliphatic hydroxyl groups is 1. The number of ether oxygens (including phenoxy) is 1. The van der Waals surface area contributed by atoms with Gasteiger partial charge in [0.25, 0.3) is 0 Å². The number of aryl methyl sites for hydroxylation is 1. The molecule has 1 saturated carbocycles. The second kappa shape index (κ2) is 8.97. The normalized spacial score (nSPS) is 27.8. The fourth-order valence-electron chi connectivity index (χ4n) is 5.48. The number of primary amides is 1. The number of carbonyl (C=O) groups excluding carboxylic acids is 1. The molecule has 3 heterocycles. The van der Waals surface area contributed by atoms with Crippen molar-refractivity contribution in [2.24, 2.45) is 5.73 Å². The molecule has 2 atom stereocenters. The number of rotatable bonds is 6. The first-order chi connectivity index (χ1) is 15.1. The number of amides is 1. The number of nitrogens with one attached hydrogen (secondary N) is 1. The molecule has 4 N–H and O–H groups in total. The third-order valence-electron chi connectivity index (χ3n) is 7.12. The van der Waals surface area contributed by atoms with Crippen LogP contribution in [-0.4, -0.2) is 70.3 Å². The maximum Gasteiger partial charge on any atom is 0.246 e. The summed E-state index contributed by atoms with van der Waals surface area (Å²) in [6, 6.07) is 0.664. The number of carbonyl (C=O) groups is 1. The molecule has 0 spiro atoms. The van der Waals surface area contributed by atoms with E-state index in [1.54, 1.807) is 17.7 Å². The zero-order valence-electron chi connectivity index (χ0n) is 17.8. The van der Waals surface area contributed by atoms with Crippen molar-refractivity contribution in [3.05, 3.63) is 16.8 Å². The number of fused-ring (bicyclic) bond motifs is 3. The Morgan fingerprint density at radius 3 is 2.77 bits per heavy atom. The van der Waals surface area contributed by atoms with Gasteiger partial charge in [-0.05, 0) is 56.4 Å². The fourth-order valence-corrected chi connectivity index (χ4v) is 6.72. The largest absolute Gasteiger partial charge is 0.474 e. The second-order valence-corrected chi connectivity index (χ2v) is 10.1. The lowest BCUT2D eigenvalue weighted by molar-refractivity contribution is -0.126. The molecule has 31 heavy (non-hydrogen) atoms. The smallest absolute Gasteiger partial charge is 0.246 e. The topological polar surface area (TPSA) is 114 Å². The van der Waals surface area contributed by atoms with Crippen molar-refractivity contribution in [3.8, 4) is 5.88 Å². The third-order valence-corrected chi connectivity index (χ3v) is 8.29. The number of nitrogens with two attached hydrogens (primary N) is 1. The maximum absolute atomic E-state index is 11.4. The molecular formula is C22H31N5O3S. The minimum atomic E-state index is -1.12. The first-order valence-electron chi connectivity index (χ1n) is 11.4. The van der Waals surface area contributed by atoms with E-state index in [1.165, 1.54) is 4.88 Å². The number of aromatic nitrogens is 2. The van der Waals surface area contributed by atoms with Gasteiger partial charge in [0, 0.05) is 37.1 Å². The number of aliphatic hydroxyl groups excluding tert-OH is 1. The highest BCUT2D eigenvalue weighted by Crippen LogP contribution is 2.47. The molecule has 3 aliphatic rings. The Kier molecular flexibility index (Phi) is 6.10. The van der Waals surface area contributed by atoms with Gasteiger partial charge in [0.1, 0.15) is 23.4 Å². The Morgan fingerprint density at radius 2 is 2.03 bits per heavy atom. The highest BCUT2D eigenvalue weighted by Gasteiger charge is 2.34. The van der Waals surface area contributed by atoms with Gasteiger partial charge < -0.3 is 20.9 Å². The number of nitrogens with zero attached hydrogens (tertiary/aromatic N) is 3. The molecule has 1 amide bonds. The predicted molar refractivity (Wildman–Crippen MR) is 119 cm³/mol. The van der Waals surface area contributed by atoms with Crippen molar-refractivity contribution in [2.45, 2.75) is 69.1 Å². The number of piperazine rings is 1. The minimum Gasteiger partial charge on any atom is -0.474 e. The van der Waals surface area contributed by atoms with Crippen LogP contribution in [0.15, 0.2) is 6.33 Å². The van der Waals surface area contributed by atoms with Gasteiger partial charge >= 0.3 is 0 Å². The van der Waals surface area contributed by atoms with Crippen LogP contribution in [0.4, 0.5) is 0 Å². The molecule has 1 aliphatic heterocycles. The van der Waals surface area contributed by atoms with E-state index in [-0.39, 0.29) is 12.0 Å². The molecule has 5 rings (SSSR count). The lowest BCUT2D eigenvalue weighted by Gasteiger charge is -2.39. The number of thiophene rings is 1. The molecule has 8 nitrogen and oxygen atoms in total. The summed E-state index contributed by atoms with van der Waals surface area (Å²) in [4.78, 5) is 25.2. The van der Waals surface area contributed by atoms with Crippen LogP contribution in [0.2, 0.25) is 0 Å². The van der Waals surface area contributed by atoms with E-state index in [4.69, 9.17) is 10.5 Å². The van der Waals surface area contributed by atoms with Crippen LogP contribution < -0.4 is 15.8 Å². The van der Waals surface area contributed by atoms with E-state index in [0.29, 0.717) is 18.3 Å². The molecule has 2 fully saturated rings. The van der Waals surface area contributed by atoms with Gasteiger partial charge in [-0.1, -0.05) is 0 Å². The van der Waals surface area contributed by atoms with Crippen LogP contribution in [-0.2, 0) is 11.2 Å². The molecule has 0 aromatic carbocycles. The lowest BCUT2D eigenvalue weighted by atomic mass is 9.91. The van der Waals surface area contributed by atoms with Crippen LogP contribution in [0.3, 0.4) is 0 Å². The number of hydrogen-bond acceptors (Lipinski definition) is 8. The van der Waals surface area contributed by atoms with Crippen LogP contribution in [0, 0.1) is 0 Å². The standard InChI is InChI=1S/C22H31N5O3S/c23-20(29)16(28)11-13-1-6-17-18(13)19-21(25-12-26-22(19)31-17)30-15-4-2-14(3-5-15)27-9-7-24-8-10-27/h12-16,24,28H,1-11H2,(H2,23,29)/t13-,14?,15?,16?/m1/s1. The molecule has 0 bridgehead atoms. The van der Waals surface area contributed by atoms with Crippen molar-refractivity contribution in [3.63, 3.8) is 0 Å². The molecule has 2 aromatic rings. The van der Waals surface area contributed by atoms with Crippen molar-refractivity contribution >= 4 is 27.5 Å². The summed E-state index contributed by atoms with van der Waals surface area (Å²) in [7, 11) is 0. The molecule has 9 heteroatoms. The van der Waals surface area contributed by atoms with Crippen molar-refractivity contribution in [2.75, 3.05) is 26.2 Å². The van der Waals surface area contributed by atoms with Gasteiger partial charge in [-0.15, -0.1) is 11.3 Å². The van der Waals surface area contributed by atoms with Crippen LogP contribution in [0.1, 0.15) is 54.9 Å². The van der Waals surface area contributed by atoms with Crippen molar-refractivity contribution in [1.82, 2.24) is 20.2 Å². The Labute approximate surface area is 186 Å². The molecule has 0 radical (unpaired) electrons. The summed E-state index contributed by atoms with van der Waals surface area (Å²) >= 11 is 1.68. The summed E-state index contributed by atoms with van der Waals surface area (Å²) in [6.07, 6.45) is 7.22. The Bertz CT molecular complexity index is 937. The van der Waals surface area contributed by atoms with Crippen LogP contribution in [0.25, 0.3) is 10.2 Å².